The van der Waals surface area contributed by atoms with Gasteiger partial charge in [-0.2, -0.15) is 13.6 Å². The second kappa shape index (κ2) is 9.81. The lowest BCUT2D eigenvalue weighted by molar-refractivity contribution is -0.0429. The average molecular weight is 758 g/mol. The van der Waals surface area contributed by atoms with Gasteiger partial charge in [-0.25, -0.2) is 13.7 Å². The minimum absolute atomic E-state index is 0.0608. The zero-order valence-electron chi connectivity index (χ0n) is 15.7. The van der Waals surface area contributed by atoms with E-state index in [2.05, 4.69) is 23.1 Å². The number of H-pyrrole nitrogens is 1. The van der Waals surface area contributed by atoms with Crippen molar-refractivity contribution in [2.45, 2.75) is 24.9 Å². The Bertz CT molecular complexity index is 1280. The van der Waals surface area contributed by atoms with Crippen LogP contribution in [-0.4, -0.2) is 58.0 Å². The number of hydrogen-bond donors (Lipinski definition) is 7. The standard InChI is InChI=1S/C11H15I2N4O13P3/c12-7-6-9(15-11(14)16-10(6)19)17(8(7)13)5-1-3(18)4(28-5)2-27-32(23,24)30-33(25,26)29-31(20,21)22/h3-5,18H,1-2H2,(H,23,24)(H,25,26)(H2,20,21,22)(H3,14,15,16,19)/t3-,4+,5+/m0/s1. The van der Waals surface area contributed by atoms with Crippen LogP contribution in [0.3, 0.4) is 0 Å². The minimum atomic E-state index is -5.68. The monoisotopic (exact) mass is 758 g/mol. The first kappa shape index (κ1) is 27.6. The van der Waals surface area contributed by atoms with Gasteiger partial charge in [0.25, 0.3) is 5.56 Å². The van der Waals surface area contributed by atoms with Crippen LogP contribution in [0, 0.1) is 7.27 Å². The van der Waals surface area contributed by atoms with Crippen LogP contribution >= 0.6 is 68.6 Å². The molecule has 0 radical (unpaired) electrons. The number of rotatable bonds is 8. The van der Waals surface area contributed by atoms with E-state index in [-0.39, 0.29) is 23.4 Å². The maximum Gasteiger partial charge on any atom is 0.490 e. The number of phosphoric ester groups is 1. The van der Waals surface area contributed by atoms with Crippen LogP contribution in [0.1, 0.15) is 12.6 Å². The molecule has 17 nitrogen and oxygen atoms in total. The van der Waals surface area contributed by atoms with E-state index in [1.807, 2.05) is 45.2 Å². The molecule has 3 heterocycles. The fourth-order valence-electron chi connectivity index (χ4n) is 2.91. The first-order chi connectivity index (χ1) is 15.0. The molecule has 1 fully saturated rings. The molecule has 5 atom stereocenters. The number of fused-ring (bicyclic) bond motifs is 1. The number of ether oxygens (including phenoxy) is 1. The zero-order valence-corrected chi connectivity index (χ0v) is 22.7. The van der Waals surface area contributed by atoms with Crippen LogP contribution in [0.25, 0.3) is 11.0 Å². The molecule has 1 aliphatic rings. The molecule has 186 valence electrons. The molecular weight excluding hydrogens is 743 g/mol. The van der Waals surface area contributed by atoms with Crippen molar-refractivity contribution in [1.82, 2.24) is 14.5 Å². The van der Waals surface area contributed by atoms with E-state index in [1.54, 1.807) is 0 Å². The summed E-state index contributed by atoms with van der Waals surface area (Å²) in [6.45, 7) is -0.829. The Morgan fingerprint density at radius 3 is 2.42 bits per heavy atom. The average Bonchev–Trinajstić information content (AvgIpc) is 3.07. The first-order valence-corrected chi connectivity index (χ1v) is 15.0. The molecule has 0 aromatic carbocycles. The van der Waals surface area contributed by atoms with Gasteiger partial charge in [-0.3, -0.25) is 18.9 Å². The van der Waals surface area contributed by atoms with Gasteiger partial charge in [-0.15, -0.1) is 0 Å². The first-order valence-electron chi connectivity index (χ1n) is 8.36. The highest BCUT2D eigenvalue weighted by Crippen LogP contribution is 2.66. The van der Waals surface area contributed by atoms with Gasteiger partial charge in [0.05, 0.1) is 25.4 Å². The van der Waals surface area contributed by atoms with E-state index < -0.39 is 54.1 Å². The summed E-state index contributed by atoms with van der Waals surface area (Å²) in [5.74, 6) is -0.151. The summed E-state index contributed by atoms with van der Waals surface area (Å²) in [5, 5.41) is 10.5. The van der Waals surface area contributed by atoms with E-state index in [1.165, 1.54) is 4.57 Å². The summed E-state index contributed by atoms with van der Waals surface area (Å²) >= 11 is 3.87. The number of anilines is 1. The Kier molecular flexibility index (Phi) is 8.20. The maximum absolute atomic E-state index is 12.3. The molecule has 1 aliphatic heterocycles. The molecule has 0 spiro atoms. The van der Waals surface area contributed by atoms with Crippen LogP contribution < -0.4 is 11.3 Å². The Labute approximate surface area is 210 Å². The molecule has 0 bridgehead atoms. The molecule has 3 rings (SSSR count). The summed E-state index contributed by atoms with van der Waals surface area (Å²) in [6, 6.07) is 0. The van der Waals surface area contributed by atoms with Crippen molar-refractivity contribution < 1.29 is 56.3 Å². The van der Waals surface area contributed by atoms with E-state index in [4.69, 9.17) is 20.3 Å². The Balaban J connectivity index is 1.75. The van der Waals surface area contributed by atoms with Crippen LogP contribution in [0.15, 0.2) is 4.79 Å². The van der Waals surface area contributed by atoms with Gasteiger partial charge in [-0.05, 0) is 45.2 Å². The molecule has 22 heteroatoms. The van der Waals surface area contributed by atoms with E-state index >= 15 is 0 Å². The summed E-state index contributed by atoms with van der Waals surface area (Å²) < 4.78 is 53.9. The molecule has 2 aromatic heterocycles. The van der Waals surface area contributed by atoms with Crippen molar-refractivity contribution in [2.24, 2.45) is 0 Å². The predicted molar refractivity (Wildman–Crippen MR) is 125 cm³/mol. The Morgan fingerprint density at radius 1 is 1.18 bits per heavy atom. The summed E-state index contributed by atoms with van der Waals surface area (Å²) in [6.07, 6.45) is -3.46. The minimum Gasteiger partial charge on any atom is -0.390 e. The van der Waals surface area contributed by atoms with Gasteiger partial charge in [-0.1, -0.05) is 0 Å². The van der Waals surface area contributed by atoms with Crippen LogP contribution in [-0.2, 0) is 31.6 Å². The largest absolute Gasteiger partial charge is 0.490 e. The Morgan fingerprint density at radius 2 is 1.82 bits per heavy atom. The lowest BCUT2D eigenvalue weighted by Gasteiger charge is -2.19. The lowest BCUT2D eigenvalue weighted by Crippen LogP contribution is -2.26. The second-order valence-corrected chi connectivity index (χ2v) is 13.0. The van der Waals surface area contributed by atoms with Crippen molar-refractivity contribution in [2.75, 3.05) is 12.3 Å². The number of nitrogens with zero attached hydrogens (tertiary/aromatic N) is 2. The fraction of sp³-hybridized carbons (Fsp3) is 0.455. The number of nitrogen functional groups attached to an aromatic ring is 1. The molecule has 2 aromatic rings. The molecule has 2 unspecified atom stereocenters. The predicted octanol–water partition coefficient (Wildman–Crippen LogP) is 0.508. The number of nitrogens with one attached hydrogen (secondary N) is 1. The molecule has 33 heavy (non-hydrogen) atoms. The van der Waals surface area contributed by atoms with Crippen molar-refractivity contribution in [3.63, 3.8) is 0 Å². The molecule has 0 amide bonds. The van der Waals surface area contributed by atoms with E-state index in [0.29, 0.717) is 7.27 Å². The molecular formula is C11H15I2N4O13P3. The number of halogens is 2. The maximum atomic E-state index is 12.3. The number of phosphoric acid groups is 3. The Hall–Kier alpha value is 0.01000. The summed E-state index contributed by atoms with van der Waals surface area (Å²) in [7, 11) is -16.6. The molecule has 8 N–H and O–H groups in total. The van der Waals surface area contributed by atoms with Crippen molar-refractivity contribution >= 4 is 85.6 Å². The quantitative estimate of drug-likeness (QED) is 0.143. The topological polar surface area (TPSA) is 266 Å². The third-order valence-corrected chi connectivity index (χ3v) is 11.0. The van der Waals surface area contributed by atoms with Crippen LogP contribution in [0.5, 0.6) is 0 Å². The van der Waals surface area contributed by atoms with E-state index in [9.17, 15) is 33.4 Å². The van der Waals surface area contributed by atoms with Crippen molar-refractivity contribution in [3.8, 4) is 0 Å². The van der Waals surface area contributed by atoms with Gasteiger partial charge in [0.2, 0.25) is 5.95 Å². The van der Waals surface area contributed by atoms with Crippen LogP contribution in [0.2, 0.25) is 0 Å². The van der Waals surface area contributed by atoms with Gasteiger partial charge < -0.3 is 35.2 Å². The molecule has 0 saturated carbocycles. The fourth-order valence-corrected chi connectivity index (χ4v) is 7.49. The van der Waals surface area contributed by atoms with Gasteiger partial charge in [0.15, 0.2) is 5.65 Å². The highest BCUT2D eigenvalue weighted by Gasteiger charge is 2.43. The van der Waals surface area contributed by atoms with Crippen LogP contribution in [0.4, 0.5) is 5.95 Å². The third-order valence-electron chi connectivity index (χ3n) is 4.07. The number of hydrogen-bond acceptors (Lipinski definition) is 11. The number of aliphatic hydroxyl groups excluding tert-OH is 1. The van der Waals surface area contributed by atoms with Gasteiger partial charge in [0.1, 0.15) is 12.3 Å². The lowest BCUT2D eigenvalue weighted by atomic mass is 10.2. The highest BCUT2D eigenvalue weighted by atomic mass is 127. The number of aliphatic hydroxyl groups is 1. The number of aromatic amines is 1. The van der Waals surface area contributed by atoms with Gasteiger partial charge >= 0.3 is 23.5 Å². The molecule has 1 saturated heterocycles. The number of aromatic nitrogens is 3. The second-order valence-electron chi connectivity index (χ2n) is 6.44. The van der Waals surface area contributed by atoms with E-state index in [0.717, 1.165) is 0 Å². The third kappa shape index (κ3) is 6.62. The summed E-state index contributed by atoms with van der Waals surface area (Å²) in [4.78, 5) is 54.6. The highest BCUT2D eigenvalue weighted by molar-refractivity contribution is 14.1. The molecule has 0 aliphatic carbocycles. The SMILES string of the molecule is Nc1nc2c(c(I)c(I)n2[C@H]2C[C@H](O)[C@@H](COP(=O)(O)OP(=O)(O)OP(=O)(O)O)O2)c(=O)[nH]1. The van der Waals surface area contributed by atoms with Crippen molar-refractivity contribution in [1.29, 1.82) is 0 Å². The van der Waals surface area contributed by atoms with Crippen molar-refractivity contribution in [3.05, 3.63) is 17.6 Å². The smallest absolute Gasteiger partial charge is 0.390 e. The zero-order chi connectivity index (χ0) is 24.9. The summed E-state index contributed by atoms with van der Waals surface area (Å²) in [5.41, 5.74) is 5.31. The number of nitrogens with two attached hydrogens (primary N) is 1. The van der Waals surface area contributed by atoms with Gasteiger partial charge in [0, 0.05) is 6.42 Å². The normalized spacial score (nSPS) is 25.2.